The van der Waals surface area contributed by atoms with Gasteiger partial charge in [0.1, 0.15) is 0 Å². The molecule has 1 aromatic carbocycles. The third-order valence-corrected chi connectivity index (χ3v) is 3.47. The quantitative estimate of drug-likeness (QED) is 0.846. The molecule has 0 aliphatic carbocycles. The lowest BCUT2D eigenvalue weighted by Crippen LogP contribution is -2.24. The second-order valence-corrected chi connectivity index (χ2v) is 5.18. The van der Waals surface area contributed by atoms with Crippen LogP contribution >= 0.6 is 27.5 Å². The first-order chi connectivity index (χ1) is 7.56. The van der Waals surface area contributed by atoms with Crippen molar-refractivity contribution in [2.45, 2.75) is 25.1 Å². The second kappa shape index (κ2) is 6.26. The molecule has 1 amide bonds. The molecule has 0 aliphatic heterocycles. The van der Waals surface area contributed by atoms with Gasteiger partial charge in [0.25, 0.3) is 0 Å². The van der Waals surface area contributed by atoms with E-state index in [0.29, 0.717) is 12.3 Å². The molecular weight excluding hydrogens is 289 g/mol. The molecule has 1 unspecified atom stereocenters. The lowest BCUT2D eigenvalue weighted by atomic mass is 10.1. The fourth-order valence-electron chi connectivity index (χ4n) is 1.44. The van der Waals surface area contributed by atoms with Gasteiger partial charge in [0.2, 0.25) is 5.91 Å². The zero-order valence-corrected chi connectivity index (χ0v) is 11.7. The van der Waals surface area contributed by atoms with Crippen LogP contribution in [0.4, 0.5) is 5.69 Å². The van der Waals surface area contributed by atoms with Crippen molar-refractivity contribution in [2.75, 3.05) is 11.2 Å². The highest BCUT2D eigenvalue weighted by Crippen LogP contribution is 2.20. The van der Waals surface area contributed by atoms with Gasteiger partial charge in [-0.15, -0.1) is 11.6 Å². The lowest BCUT2D eigenvalue weighted by Gasteiger charge is -2.13. The third-order valence-electron chi connectivity index (χ3n) is 2.38. The SMILES string of the molecule is Cc1cccc(C)c1NC(=O)C(Br)CCCl. The van der Waals surface area contributed by atoms with Crippen molar-refractivity contribution in [3.63, 3.8) is 0 Å². The molecule has 0 fully saturated rings. The molecule has 0 aromatic heterocycles. The topological polar surface area (TPSA) is 29.1 Å². The van der Waals surface area contributed by atoms with Gasteiger partial charge in [-0.1, -0.05) is 34.1 Å². The Morgan fingerprint density at radius 1 is 1.44 bits per heavy atom. The Labute approximate surface area is 110 Å². The number of carbonyl (C=O) groups is 1. The highest BCUT2D eigenvalue weighted by Gasteiger charge is 2.15. The summed E-state index contributed by atoms with van der Waals surface area (Å²) >= 11 is 8.91. The van der Waals surface area contributed by atoms with Crippen molar-refractivity contribution in [1.82, 2.24) is 0 Å². The van der Waals surface area contributed by atoms with Gasteiger partial charge in [0.05, 0.1) is 4.83 Å². The van der Waals surface area contributed by atoms with Crippen LogP contribution in [-0.4, -0.2) is 16.6 Å². The van der Waals surface area contributed by atoms with Gasteiger partial charge in [-0.25, -0.2) is 0 Å². The van der Waals surface area contributed by atoms with Crippen LogP contribution in [0.2, 0.25) is 0 Å². The van der Waals surface area contributed by atoms with E-state index < -0.39 is 0 Å². The van der Waals surface area contributed by atoms with Gasteiger partial charge < -0.3 is 5.32 Å². The average molecular weight is 305 g/mol. The van der Waals surface area contributed by atoms with E-state index in [-0.39, 0.29) is 10.7 Å². The minimum absolute atomic E-state index is 0.0435. The number of benzene rings is 1. The van der Waals surface area contributed by atoms with E-state index in [4.69, 9.17) is 11.6 Å². The van der Waals surface area contributed by atoms with Crippen molar-refractivity contribution in [2.24, 2.45) is 0 Å². The first-order valence-electron chi connectivity index (χ1n) is 5.13. The summed E-state index contributed by atoms with van der Waals surface area (Å²) in [5.74, 6) is 0.425. The number of anilines is 1. The molecule has 16 heavy (non-hydrogen) atoms. The van der Waals surface area contributed by atoms with Crippen molar-refractivity contribution >= 4 is 39.1 Å². The fraction of sp³-hybridized carbons (Fsp3) is 0.417. The summed E-state index contributed by atoms with van der Waals surface area (Å²) in [7, 11) is 0. The molecule has 0 radical (unpaired) electrons. The van der Waals surface area contributed by atoms with E-state index in [9.17, 15) is 4.79 Å². The molecule has 4 heteroatoms. The summed E-state index contributed by atoms with van der Waals surface area (Å²) in [5, 5.41) is 2.92. The second-order valence-electron chi connectivity index (χ2n) is 3.70. The monoisotopic (exact) mass is 303 g/mol. The van der Waals surface area contributed by atoms with E-state index in [1.807, 2.05) is 32.0 Å². The number of nitrogens with one attached hydrogen (secondary N) is 1. The summed E-state index contributed by atoms with van der Waals surface area (Å²) in [6.07, 6.45) is 0.623. The normalized spacial score (nSPS) is 12.2. The smallest absolute Gasteiger partial charge is 0.238 e. The molecule has 0 bridgehead atoms. The molecular formula is C12H15BrClNO. The lowest BCUT2D eigenvalue weighted by molar-refractivity contribution is -0.115. The number of rotatable bonds is 4. The number of halogens is 2. The van der Waals surface area contributed by atoms with Crippen LogP contribution in [0.25, 0.3) is 0 Å². The fourth-order valence-corrected chi connectivity index (χ4v) is 2.27. The molecule has 1 aromatic rings. The van der Waals surface area contributed by atoms with E-state index in [2.05, 4.69) is 21.2 Å². The maximum Gasteiger partial charge on any atom is 0.238 e. The Morgan fingerprint density at radius 3 is 2.50 bits per heavy atom. The maximum absolute atomic E-state index is 11.8. The van der Waals surface area contributed by atoms with E-state index in [1.165, 1.54) is 0 Å². The zero-order chi connectivity index (χ0) is 12.1. The van der Waals surface area contributed by atoms with Crippen LogP contribution in [0.1, 0.15) is 17.5 Å². The average Bonchev–Trinajstić information content (AvgIpc) is 2.23. The Balaban J connectivity index is 2.77. The van der Waals surface area contributed by atoms with Crippen molar-refractivity contribution < 1.29 is 4.79 Å². The third kappa shape index (κ3) is 3.49. The number of hydrogen-bond donors (Lipinski definition) is 1. The molecule has 2 nitrogen and oxygen atoms in total. The largest absolute Gasteiger partial charge is 0.325 e. The highest BCUT2D eigenvalue weighted by atomic mass is 79.9. The van der Waals surface area contributed by atoms with Gasteiger partial charge >= 0.3 is 0 Å². The maximum atomic E-state index is 11.8. The van der Waals surface area contributed by atoms with Crippen molar-refractivity contribution in [1.29, 1.82) is 0 Å². The van der Waals surface area contributed by atoms with Crippen LogP contribution in [-0.2, 0) is 4.79 Å². The van der Waals surface area contributed by atoms with Crippen LogP contribution in [0.5, 0.6) is 0 Å². The predicted octanol–water partition coefficient (Wildman–Crippen LogP) is 3.63. The summed E-state index contributed by atoms with van der Waals surface area (Å²) in [6.45, 7) is 3.96. The van der Waals surface area contributed by atoms with Gasteiger partial charge in [-0.05, 0) is 31.4 Å². The van der Waals surface area contributed by atoms with E-state index in [1.54, 1.807) is 0 Å². The summed E-state index contributed by atoms with van der Waals surface area (Å²) in [5.41, 5.74) is 3.03. The Kier molecular flexibility index (Phi) is 5.29. The van der Waals surface area contributed by atoms with Gasteiger partial charge in [-0.3, -0.25) is 4.79 Å². The highest BCUT2D eigenvalue weighted by molar-refractivity contribution is 9.10. The van der Waals surface area contributed by atoms with Crippen LogP contribution in [0.15, 0.2) is 18.2 Å². The Bertz CT molecular complexity index is 361. The first kappa shape index (κ1) is 13.5. The number of para-hydroxylation sites is 1. The molecule has 0 spiro atoms. The standard InChI is InChI=1S/C12H15BrClNO/c1-8-4-3-5-9(2)11(8)15-12(16)10(13)6-7-14/h3-5,10H,6-7H2,1-2H3,(H,15,16). The van der Waals surface area contributed by atoms with Gasteiger partial charge in [0, 0.05) is 11.6 Å². The van der Waals surface area contributed by atoms with Crippen molar-refractivity contribution in [3.8, 4) is 0 Å². The van der Waals surface area contributed by atoms with Crippen molar-refractivity contribution in [3.05, 3.63) is 29.3 Å². The van der Waals surface area contributed by atoms with E-state index in [0.717, 1.165) is 16.8 Å². The molecule has 88 valence electrons. The van der Waals surface area contributed by atoms with E-state index >= 15 is 0 Å². The summed E-state index contributed by atoms with van der Waals surface area (Å²) < 4.78 is 0. The molecule has 0 heterocycles. The number of carbonyl (C=O) groups excluding carboxylic acids is 1. The van der Waals surface area contributed by atoms with Crippen LogP contribution in [0.3, 0.4) is 0 Å². The van der Waals surface area contributed by atoms with Gasteiger partial charge in [-0.2, -0.15) is 0 Å². The first-order valence-corrected chi connectivity index (χ1v) is 6.58. The number of aryl methyl sites for hydroxylation is 2. The minimum atomic E-state index is -0.232. The number of hydrogen-bond acceptors (Lipinski definition) is 1. The van der Waals surface area contributed by atoms with Gasteiger partial charge in [0.15, 0.2) is 0 Å². The van der Waals surface area contributed by atoms with Crippen LogP contribution < -0.4 is 5.32 Å². The number of alkyl halides is 2. The summed E-state index contributed by atoms with van der Waals surface area (Å²) in [4.78, 5) is 11.6. The Hall–Kier alpha value is -0.540. The zero-order valence-electron chi connectivity index (χ0n) is 9.39. The summed E-state index contributed by atoms with van der Waals surface area (Å²) in [6, 6.07) is 5.94. The van der Waals surface area contributed by atoms with Crippen LogP contribution in [0, 0.1) is 13.8 Å². The Morgan fingerprint density at radius 2 is 2.00 bits per heavy atom. The molecule has 0 aliphatic rings. The minimum Gasteiger partial charge on any atom is -0.325 e. The molecule has 1 rings (SSSR count). The number of amides is 1. The molecule has 1 N–H and O–H groups in total. The predicted molar refractivity (Wildman–Crippen MR) is 72.6 cm³/mol. The molecule has 0 saturated carbocycles. The molecule has 1 atom stereocenters. The molecule has 0 saturated heterocycles.